The summed E-state index contributed by atoms with van der Waals surface area (Å²) in [6, 6.07) is 6.54. The minimum absolute atomic E-state index is 0.197. The van der Waals surface area contributed by atoms with E-state index in [9.17, 15) is 8.42 Å². The molecule has 27 heavy (non-hydrogen) atoms. The summed E-state index contributed by atoms with van der Waals surface area (Å²) >= 11 is 0. The van der Waals surface area contributed by atoms with Gasteiger partial charge in [0.05, 0.1) is 12.4 Å². The van der Waals surface area contributed by atoms with Crippen molar-refractivity contribution in [1.82, 2.24) is 0 Å². The van der Waals surface area contributed by atoms with E-state index in [1.807, 2.05) is 0 Å². The summed E-state index contributed by atoms with van der Waals surface area (Å²) in [6.45, 7) is 4.93. The highest BCUT2D eigenvalue weighted by molar-refractivity contribution is 7.85. The predicted molar refractivity (Wildman–Crippen MR) is 113 cm³/mol. The molecular formula is C22H38O4S. The van der Waals surface area contributed by atoms with Gasteiger partial charge in [0.1, 0.15) is 5.75 Å². The lowest BCUT2D eigenvalue weighted by atomic mass is 9.99. The van der Waals surface area contributed by atoms with Crippen LogP contribution in [-0.4, -0.2) is 25.3 Å². The molecule has 0 aliphatic carbocycles. The number of ether oxygens (including phenoxy) is 1. The largest absolute Gasteiger partial charge is 0.493 e. The first-order valence-electron chi connectivity index (χ1n) is 10.7. The van der Waals surface area contributed by atoms with Crippen LogP contribution in [0.25, 0.3) is 0 Å². The predicted octanol–water partition coefficient (Wildman–Crippen LogP) is 5.98. The van der Waals surface area contributed by atoms with Gasteiger partial charge in [0.25, 0.3) is 10.1 Å². The van der Waals surface area contributed by atoms with E-state index in [2.05, 4.69) is 32.0 Å². The molecule has 0 atom stereocenters. The Balaban J connectivity index is 2.58. The number of unbranched alkanes of at least 4 members (excludes halogenated alkanes) is 7. The number of hydrogen-bond donors (Lipinski definition) is 1. The number of hydrogen-bond acceptors (Lipinski definition) is 3. The fourth-order valence-corrected chi connectivity index (χ4v) is 3.76. The second kappa shape index (κ2) is 14.0. The quantitative estimate of drug-likeness (QED) is 0.275. The van der Waals surface area contributed by atoms with Crippen LogP contribution in [0.15, 0.2) is 18.2 Å². The topological polar surface area (TPSA) is 63.6 Å². The molecule has 156 valence electrons. The Morgan fingerprint density at radius 2 is 1.52 bits per heavy atom. The van der Waals surface area contributed by atoms with Crippen LogP contribution in [-0.2, 0) is 23.0 Å². The highest BCUT2D eigenvalue weighted by Gasteiger charge is 2.08. The van der Waals surface area contributed by atoms with Gasteiger partial charge in [-0.25, -0.2) is 0 Å². The van der Waals surface area contributed by atoms with E-state index in [4.69, 9.17) is 9.29 Å². The summed E-state index contributed by atoms with van der Waals surface area (Å²) in [5.41, 5.74) is 2.66. The van der Waals surface area contributed by atoms with Crippen molar-refractivity contribution in [2.75, 3.05) is 12.4 Å². The maximum atomic E-state index is 10.8. The molecule has 0 fully saturated rings. The SMILES string of the molecule is CCCCCCc1ccc(OCCCCS(=O)(=O)O)c(CCCCCC)c1. The molecule has 0 radical (unpaired) electrons. The summed E-state index contributed by atoms with van der Waals surface area (Å²) in [5, 5.41) is 0. The van der Waals surface area contributed by atoms with Crippen molar-refractivity contribution in [3.05, 3.63) is 29.3 Å². The molecule has 0 unspecified atom stereocenters. The molecule has 5 heteroatoms. The zero-order chi connectivity index (χ0) is 20.0. The van der Waals surface area contributed by atoms with E-state index in [0.29, 0.717) is 19.4 Å². The Labute approximate surface area is 166 Å². The molecule has 4 nitrogen and oxygen atoms in total. The van der Waals surface area contributed by atoms with Crippen LogP contribution in [0.2, 0.25) is 0 Å². The highest BCUT2D eigenvalue weighted by atomic mass is 32.2. The molecule has 0 saturated heterocycles. The molecule has 0 aliphatic heterocycles. The summed E-state index contributed by atoms with van der Waals surface area (Å²) in [5.74, 6) is 0.729. The van der Waals surface area contributed by atoms with Gasteiger partial charge in [-0.05, 0) is 55.7 Å². The second-order valence-electron chi connectivity index (χ2n) is 7.41. The molecule has 0 saturated carbocycles. The third kappa shape index (κ3) is 12.1. The Hall–Kier alpha value is -1.07. The van der Waals surface area contributed by atoms with Gasteiger partial charge in [-0.1, -0.05) is 64.5 Å². The van der Waals surface area contributed by atoms with Crippen molar-refractivity contribution >= 4 is 10.1 Å². The van der Waals surface area contributed by atoms with Crippen molar-refractivity contribution < 1.29 is 17.7 Å². The third-order valence-electron chi connectivity index (χ3n) is 4.80. The summed E-state index contributed by atoms with van der Waals surface area (Å²) < 4.78 is 36.3. The van der Waals surface area contributed by atoms with Crippen LogP contribution >= 0.6 is 0 Å². The lowest BCUT2D eigenvalue weighted by Gasteiger charge is -2.14. The van der Waals surface area contributed by atoms with E-state index in [1.165, 1.54) is 62.5 Å². The molecule has 1 aromatic carbocycles. The van der Waals surface area contributed by atoms with Crippen LogP contribution in [0.1, 0.15) is 89.2 Å². The van der Waals surface area contributed by atoms with Crippen molar-refractivity contribution in [1.29, 1.82) is 0 Å². The minimum Gasteiger partial charge on any atom is -0.493 e. The summed E-state index contributed by atoms with van der Waals surface area (Å²) in [6.07, 6.45) is 13.2. The molecule has 1 aromatic rings. The van der Waals surface area contributed by atoms with Gasteiger partial charge < -0.3 is 4.74 Å². The van der Waals surface area contributed by atoms with Crippen molar-refractivity contribution in [2.45, 2.75) is 90.9 Å². The fourth-order valence-electron chi connectivity index (χ4n) is 3.19. The first kappa shape index (κ1) is 24.0. The second-order valence-corrected chi connectivity index (χ2v) is 8.98. The average Bonchev–Trinajstić information content (AvgIpc) is 2.62. The third-order valence-corrected chi connectivity index (χ3v) is 5.60. The molecule has 0 spiro atoms. The Morgan fingerprint density at radius 3 is 2.15 bits per heavy atom. The Kier molecular flexibility index (Phi) is 12.4. The van der Waals surface area contributed by atoms with E-state index in [0.717, 1.165) is 18.6 Å². The minimum atomic E-state index is -3.87. The molecule has 1 rings (SSSR count). The summed E-state index contributed by atoms with van der Waals surface area (Å²) in [4.78, 5) is 0. The van der Waals surface area contributed by atoms with E-state index < -0.39 is 10.1 Å². The first-order valence-corrected chi connectivity index (χ1v) is 12.3. The van der Waals surface area contributed by atoms with Gasteiger partial charge >= 0.3 is 0 Å². The maximum Gasteiger partial charge on any atom is 0.264 e. The van der Waals surface area contributed by atoms with Gasteiger partial charge in [-0.15, -0.1) is 0 Å². The smallest absolute Gasteiger partial charge is 0.264 e. The molecule has 1 N–H and O–H groups in total. The Morgan fingerprint density at radius 1 is 0.852 bits per heavy atom. The van der Waals surface area contributed by atoms with Crippen molar-refractivity contribution in [3.63, 3.8) is 0 Å². The molecular weight excluding hydrogens is 360 g/mol. The van der Waals surface area contributed by atoms with Crippen LogP contribution in [0.4, 0.5) is 0 Å². The van der Waals surface area contributed by atoms with Crippen LogP contribution in [0, 0.1) is 0 Å². The standard InChI is InChI=1S/C22H38O4S/c1-3-5-7-9-13-20-15-16-22(21(19-20)14-10-8-6-4-2)26-17-11-12-18-27(23,24)25/h15-16,19H,3-14,17-18H2,1-2H3,(H,23,24,25). The molecule has 0 bridgehead atoms. The Bertz CT molecular complexity index is 611. The zero-order valence-electron chi connectivity index (χ0n) is 17.2. The number of benzene rings is 1. The van der Waals surface area contributed by atoms with Gasteiger partial charge in [0.2, 0.25) is 0 Å². The number of rotatable bonds is 16. The van der Waals surface area contributed by atoms with Crippen LogP contribution in [0.3, 0.4) is 0 Å². The lowest BCUT2D eigenvalue weighted by molar-refractivity contribution is 0.305. The number of aryl methyl sites for hydroxylation is 2. The average molecular weight is 399 g/mol. The monoisotopic (exact) mass is 398 g/mol. The molecule has 0 amide bonds. The fraction of sp³-hybridized carbons (Fsp3) is 0.727. The molecule has 0 aromatic heterocycles. The first-order chi connectivity index (χ1) is 13.0. The zero-order valence-corrected chi connectivity index (χ0v) is 18.0. The van der Waals surface area contributed by atoms with E-state index in [-0.39, 0.29) is 5.75 Å². The van der Waals surface area contributed by atoms with Gasteiger partial charge in [-0.2, -0.15) is 8.42 Å². The van der Waals surface area contributed by atoms with Crippen molar-refractivity contribution in [2.24, 2.45) is 0 Å². The molecule has 0 aliphatic rings. The maximum absolute atomic E-state index is 10.8. The lowest BCUT2D eigenvalue weighted by Crippen LogP contribution is -2.07. The van der Waals surface area contributed by atoms with Gasteiger partial charge in [0, 0.05) is 0 Å². The highest BCUT2D eigenvalue weighted by Crippen LogP contribution is 2.24. The van der Waals surface area contributed by atoms with Gasteiger partial charge in [0.15, 0.2) is 0 Å². The van der Waals surface area contributed by atoms with E-state index >= 15 is 0 Å². The molecule has 0 heterocycles. The summed E-state index contributed by atoms with van der Waals surface area (Å²) in [7, 11) is -3.87. The van der Waals surface area contributed by atoms with Crippen LogP contribution in [0.5, 0.6) is 5.75 Å². The van der Waals surface area contributed by atoms with Crippen LogP contribution < -0.4 is 4.74 Å². The normalized spacial score (nSPS) is 11.7. The van der Waals surface area contributed by atoms with Crippen molar-refractivity contribution in [3.8, 4) is 5.75 Å². The van der Waals surface area contributed by atoms with Gasteiger partial charge in [-0.3, -0.25) is 4.55 Å². The van der Waals surface area contributed by atoms with E-state index in [1.54, 1.807) is 0 Å².